The van der Waals surface area contributed by atoms with E-state index in [2.05, 4.69) is 4.98 Å². The van der Waals surface area contributed by atoms with Crippen molar-refractivity contribution in [1.29, 1.82) is 0 Å². The first-order valence-corrected chi connectivity index (χ1v) is 4.99. The fraction of sp³-hybridized carbons (Fsp3) is 0.556. The van der Waals surface area contributed by atoms with E-state index in [1.165, 1.54) is 6.20 Å². The van der Waals surface area contributed by atoms with E-state index < -0.39 is 42.4 Å². The highest BCUT2D eigenvalue weighted by molar-refractivity contribution is 4.93. The number of rotatable bonds is 2. The number of nitrogens with zero attached hydrogens (tertiary/aromatic N) is 1. The molecular weight excluding hydrogens is 232 g/mol. The third-order valence-electron chi connectivity index (χ3n) is 2.66. The van der Waals surface area contributed by atoms with Gasteiger partial charge in [0, 0.05) is 12.3 Å². The zero-order chi connectivity index (χ0) is 12.6. The standard InChI is InChI=1S/C9H12N2O6/c12-3-4-6(14)7(15)8(17-4)11-5(13)1-2-10-9(11)16/h1-2,4,6-8,12,14-15H,3H2,(H,10,16)/t4-,6+,7?,8-/m1/s1. The first-order chi connectivity index (χ1) is 8.06. The molecule has 8 nitrogen and oxygen atoms in total. The Hall–Kier alpha value is -1.48. The molecule has 1 aliphatic heterocycles. The van der Waals surface area contributed by atoms with E-state index in [9.17, 15) is 19.8 Å². The van der Waals surface area contributed by atoms with E-state index in [4.69, 9.17) is 9.84 Å². The highest BCUT2D eigenvalue weighted by Crippen LogP contribution is 2.26. The van der Waals surface area contributed by atoms with Gasteiger partial charge in [0.2, 0.25) is 0 Å². The van der Waals surface area contributed by atoms with Crippen LogP contribution in [-0.2, 0) is 4.74 Å². The molecule has 4 atom stereocenters. The zero-order valence-electron chi connectivity index (χ0n) is 8.68. The van der Waals surface area contributed by atoms with Crippen molar-refractivity contribution in [3.63, 3.8) is 0 Å². The Morgan fingerprint density at radius 3 is 2.59 bits per heavy atom. The van der Waals surface area contributed by atoms with Crippen molar-refractivity contribution in [2.75, 3.05) is 6.61 Å². The molecule has 8 heteroatoms. The maximum atomic E-state index is 11.5. The summed E-state index contributed by atoms with van der Waals surface area (Å²) in [5.41, 5.74) is -1.42. The van der Waals surface area contributed by atoms with E-state index in [-0.39, 0.29) is 0 Å². The molecule has 94 valence electrons. The first kappa shape index (κ1) is 12.0. The number of nitrogens with one attached hydrogen (secondary N) is 1. The molecular formula is C9H12N2O6. The predicted octanol–water partition coefficient (Wildman–Crippen LogP) is -2.85. The lowest BCUT2D eigenvalue weighted by atomic mass is 10.1. The molecule has 1 unspecified atom stereocenters. The van der Waals surface area contributed by atoms with Gasteiger partial charge in [0.25, 0.3) is 5.56 Å². The number of ether oxygens (including phenoxy) is 1. The summed E-state index contributed by atoms with van der Waals surface area (Å²) in [5, 5.41) is 28.1. The molecule has 0 radical (unpaired) electrons. The average molecular weight is 244 g/mol. The molecule has 0 aromatic carbocycles. The Kier molecular flexibility index (Phi) is 3.11. The molecule has 0 saturated carbocycles. The van der Waals surface area contributed by atoms with Gasteiger partial charge in [0.1, 0.15) is 18.3 Å². The van der Waals surface area contributed by atoms with Gasteiger partial charge in [0.15, 0.2) is 6.23 Å². The summed E-state index contributed by atoms with van der Waals surface area (Å²) in [5.74, 6) is 0. The van der Waals surface area contributed by atoms with Crippen LogP contribution in [0, 0.1) is 0 Å². The fourth-order valence-electron chi connectivity index (χ4n) is 1.77. The average Bonchev–Trinajstić information content (AvgIpc) is 2.57. The number of aliphatic hydroxyl groups is 3. The van der Waals surface area contributed by atoms with Crippen molar-refractivity contribution in [2.45, 2.75) is 24.5 Å². The number of aliphatic hydroxyl groups excluding tert-OH is 3. The van der Waals surface area contributed by atoms with Gasteiger partial charge in [-0.15, -0.1) is 0 Å². The molecule has 0 aliphatic carbocycles. The summed E-state index contributed by atoms with van der Waals surface area (Å²) in [7, 11) is 0. The third kappa shape index (κ3) is 1.91. The van der Waals surface area contributed by atoms with E-state index in [0.29, 0.717) is 4.57 Å². The number of aromatic amines is 1. The SMILES string of the molecule is O=c1cc[nH]c(=O)n1[C@@H]1O[C@H](CO)[C@H](O)C1O. The van der Waals surface area contributed by atoms with Gasteiger partial charge in [-0.05, 0) is 0 Å². The molecule has 1 aliphatic rings. The topological polar surface area (TPSA) is 125 Å². The molecule has 2 rings (SSSR count). The number of hydrogen-bond acceptors (Lipinski definition) is 6. The summed E-state index contributed by atoms with van der Waals surface area (Å²) >= 11 is 0. The number of H-pyrrole nitrogens is 1. The first-order valence-electron chi connectivity index (χ1n) is 4.99. The van der Waals surface area contributed by atoms with Crippen molar-refractivity contribution < 1.29 is 20.1 Å². The molecule has 1 saturated heterocycles. The van der Waals surface area contributed by atoms with Crippen LogP contribution in [0.1, 0.15) is 6.23 Å². The van der Waals surface area contributed by atoms with Crippen LogP contribution in [-0.4, -0.2) is 49.8 Å². The van der Waals surface area contributed by atoms with Gasteiger partial charge in [-0.2, -0.15) is 0 Å². The Bertz CT molecular complexity index is 480. The summed E-state index contributed by atoms with van der Waals surface area (Å²) in [6.45, 7) is -0.520. The summed E-state index contributed by atoms with van der Waals surface area (Å²) in [4.78, 5) is 25.2. The second kappa shape index (κ2) is 4.41. The van der Waals surface area contributed by atoms with Gasteiger partial charge >= 0.3 is 5.69 Å². The second-order valence-electron chi connectivity index (χ2n) is 3.72. The van der Waals surface area contributed by atoms with Gasteiger partial charge in [-0.3, -0.25) is 4.79 Å². The van der Waals surface area contributed by atoms with Crippen LogP contribution in [0.4, 0.5) is 0 Å². The highest BCUT2D eigenvalue weighted by atomic mass is 16.6. The Labute approximate surface area is 94.7 Å². The van der Waals surface area contributed by atoms with Crippen LogP contribution < -0.4 is 11.2 Å². The molecule has 0 bridgehead atoms. The molecule has 17 heavy (non-hydrogen) atoms. The normalized spacial score (nSPS) is 32.9. The van der Waals surface area contributed by atoms with Gasteiger partial charge in [-0.1, -0.05) is 0 Å². The summed E-state index contributed by atoms with van der Waals surface area (Å²) < 4.78 is 5.73. The molecule has 1 aromatic rings. The van der Waals surface area contributed by atoms with Crippen LogP contribution in [0.2, 0.25) is 0 Å². The van der Waals surface area contributed by atoms with Crippen LogP contribution in [0.25, 0.3) is 0 Å². The van der Waals surface area contributed by atoms with E-state index in [1.54, 1.807) is 0 Å². The fourth-order valence-corrected chi connectivity index (χ4v) is 1.77. The van der Waals surface area contributed by atoms with Crippen LogP contribution in [0.5, 0.6) is 0 Å². The maximum absolute atomic E-state index is 11.5. The van der Waals surface area contributed by atoms with E-state index in [1.807, 2.05) is 0 Å². The molecule has 4 N–H and O–H groups in total. The monoisotopic (exact) mass is 244 g/mol. The zero-order valence-corrected chi connectivity index (χ0v) is 8.68. The quantitative estimate of drug-likeness (QED) is 0.444. The second-order valence-corrected chi connectivity index (χ2v) is 3.72. The molecule has 1 fully saturated rings. The van der Waals surface area contributed by atoms with E-state index >= 15 is 0 Å². The summed E-state index contributed by atoms with van der Waals surface area (Å²) in [6, 6.07) is 1.09. The molecule has 1 aromatic heterocycles. The number of hydrogen-bond donors (Lipinski definition) is 4. The van der Waals surface area contributed by atoms with Crippen LogP contribution >= 0.6 is 0 Å². The largest absolute Gasteiger partial charge is 0.394 e. The minimum Gasteiger partial charge on any atom is -0.394 e. The third-order valence-corrected chi connectivity index (χ3v) is 2.66. The Morgan fingerprint density at radius 2 is 2.06 bits per heavy atom. The minimum absolute atomic E-state index is 0.520. The lowest BCUT2D eigenvalue weighted by molar-refractivity contribution is -0.0564. The van der Waals surface area contributed by atoms with Gasteiger partial charge in [-0.25, -0.2) is 9.36 Å². The maximum Gasteiger partial charge on any atom is 0.330 e. The summed E-state index contributed by atoms with van der Waals surface area (Å²) in [6.07, 6.45) is -3.96. The van der Waals surface area contributed by atoms with Crippen molar-refractivity contribution in [3.8, 4) is 0 Å². The van der Waals surface area contributed by atoms with Crippen molar-refractivity contribution in [2.24, 2.45) is 0 Å². The van der Waals surface area contributed by atoms with Crippen molar-refractivity contribution in [1.82, 2.24) is 9.55 Å². The minimum atomic E-state index is -1.45. The molecule has 0 spiro atoms. The van der Waals surface area contributed by atoms with Crippen LogP contribution in [0.15, 0.2) is 21.9 Å². The van der Waals surface area contributed by atoms with Gasteiger partial charge < -0.3 is 25.0 Å². The molecule has 0 amide bonds. The Balaban J connectivity index is 2.42. The predicted molar refractivity (Wildman–Crippen MR) is 54.3 cm³/mol. The van der Waals surface area contributed by atoms with Crippen LogP contribution in [0.3, 0.4) is 0 Å². The lowest BCUT2D eigenvalue weighted by Gasteiger charge is -2.15. The molecule has 2 heterocycles. The van der Waals surface area contributed by atoms with Gasteiger partial charge in [0.05, 0.1) is 6.61 Å². The highest BCUT2D eigenvalue weighted by Gasteiger charge is 2.44. The Morgan fingerprint density at radius 1 is 1.35 bits per heavy atom. The number of aromatic nitrogens is 2. The van der Waals surface area contributed by atoms with Crippen molar-refractivity contribution >= 4 is 0 Å². The van der Waals surface area contributed by atoms with E-state index in [0.717, 1.165) is 6.07 Å². The lowest BCUT2D eigenvalue weighted by Crippen LogP contribution is -2.42. The van der Waals surface area contributed by atoms with Crippen molar-refractivity contribution in [3.05, 3.63) is 33.1 Å². The smallest absolute Gasteiger partial charge is 0.330 e.